The summed E-state index contributed by atoms with van der Waals surface area (Å²) in [4.78, 5) is 9.23. The fourth-order valence-corrected chi connectivity index (χ4v) is 2.82. The van der Waals surface area contributed by atoms with Gasteiger partial charge in [0.15, 0.2) is 0 Å². The van der Waals surface area contributed by atoms with Crippen molar-refractivity contribution in [2.24, 2.45) is 0 Å². The number of likely N-dealkylation sites (tertiary alicyclic amines) is 1. The molecule has 0 radical (unpaired) electrons. The van der Waals surface area contributed by atoms with E-state index in [1.807, 2.05) is 6.20 Å². The van der Waals surface area contributed by atoms with Crippen LogP contribution in [0.2, 0.25) is 0 Å². The molecule has 0 bridgehead atoms. The minimum absolute atomic E-state index is 0.700. The van der Waals surface area contributed by atoms with Crippen molar-refractivity contribution in [3.05, 3.63) is 23.9 Å². The summed E-state index contributed by atoms with van der Waals surface area (Å²) in [5, 5.41) is 3.28. The Balaban J connectivity index is 1.97. The highest BCUT2D eigenvalue weighted by Gasteiger charge is 2.24. The van der Waals surface area contributed by atoms with Crippen LogP contribution in [0.15, 0.2) is 18.3 Å². The number of rotatable bonds is 6. The van der Waals surface area contributed by atoms with E-state index in [0.717, 1.165) is 25.5 Å². The second kappa shape index (κ2) is 6.87. The molecule has 1 fully saturated rings. The second-order valence-corrected chi connectivity index (χ2v) is 5.61. The molecule has 4 heteroatoms. The summed E-state index contributed by atoms with van der Waals surface area (Å²) in [6, 6.07) is 5.01. The SMILES string of the molecule is CCNc1cc(CN2CCCC2CN(C)C)ccn1. The van der Waals surface area contributed by atoms with Gasteiger partial charge in [0, 0.05) is 31.9 Å². The highest BCUT2D eigenvalue weighted by Crippen LogP contribution is 2.21. The number of hydrogen-bond donors (Lipinski definition) is 1. The molecule has 0 spiro atoms. The highest BCUT2D eigenvalue weighted by molar-refractivity contribution is 5.37. The van der Waals surface area contributed by atoms with E-state index in [-0.39, 0.29) is 0 Å². The van der Waals surface area contributed by atoms with Gasteiger partial charge in [-0.3, -0.25) is 4.90 Å². The van der Waals surface area contributed by atoms with Gasteiger partial charge in [0.05, 0.1) is 0 Å². The van der Waals surface area contributed by atoms with Crippen LogP contribution in [0, 0.1) is 0 Å². The first-order chi connectivity index (χ1) is 9.19. The van der Waals surface area contributed by atoms with Crippen molar-refractivity contribution >= 4 is 5.82 Å². The van der Waals surface area contributed by atoms with Crippen LogP contribution in [0.1, 0.15) is 25.3 Å². The van der Waals surface area contributed by atoms with Crippen LogP contribution in [0.3, 0.4) is 0 Å². The molecule has 1 aromatic rings. The predicted molar refractivity (Wildman–Crippen MR) is 80.4 cm³/mol. The monoisotopic (exact) mass is 262 g/mol. The van der Waals surface area contributed by atoms with E-state index < -0.39 is 0 Å². The van der Waals surface area contributed by atoms with Crippen molar-refractivity contribution in [2.75, 3.05) is 39.0 Å². The molecule has 1 atom stereocenters. The van der Waals surface area contributed by atoms with Crippen molar-refractivity contribution in [3.63, 3.8) is 0 Å². The molecule has 19 heavy (non-hydrogen) atoms. The quantitative estimate of drug-likeness (QED) is 0.850. The third kappa shape index (κ3) is 4.18. The average molecular weight is 262 g/mol. The zero-order chi connectivity index (χ0) is 13.7. The molecule has 1 N–H and O–H groups in total. The first-order valence-corrected chi connectivity index (χ1v) is 7.26. The lowest BCUT2D eigenvalue weighted by Crippen LogP contribution is -2.37. The summed E-state index contributed by atoms with van der Waals surface area (Å²) < 4.78 is 0. The number of nitrogens with zero attached hydrogens (tertiary/aromatic N) is 3. The summed E-state index contributed by atoms with van der Waals surface area (Å²) in [6.07, 6.45) is 4.55. The fraction of sp³-hybridized carbons (Fsp3) is 0.667. The van der Waals surface area contributed by atoms with Gasteiger partial charge in [0.25, 0.3) is 0 Å². The molecule has 1 aromatic heterocycles. The molecule has 4 nitrogen and oxygen atoms in total. The van der Waals surface area contributed by atoms with Crippen LogP contribution < -0.4 is 5.32 Å². The van der Waals surface area contributed by atoms with E-state index in [4.69, 9.17) is 0 Å². The Morgan fingerprint density at radius 3 is 3.05 bits per heavy atom. The molecular formula is C15H26N4. The molecule has 1 unspecified atom stereocenters. The van der Waals surface area contributed by atoms with E-state index in [1.165, 1.54) is 24.9 Å². The maximum atomic E-state index is 4.33. The van der Waals surface area contributed by atoms with Gasteiger partial charge < -0.3 is 10.2 Å². The van der Waals surface area contributed by atoms with Crippen LogP contribution in [0.25, 0.3) is 0 Å². The van der Waals surface area contributed by atoms with Crippen LogP contribution in [0.4, 0.5) is 5.82 Å². The topological polar surface area (TPSA) is 31.4 Å². The Labute approximate surface area is 116 Å². The van der Waals surface area contributed by atoms with Crippen molar-refractivity contribution in [1.29, 1.82) is 0 Å². The van der Waals surface area contributed by atoms with E-state index in [0.29, 0.717) is 6.04 Å². The first-order valence-electron chi connectivity index (χ1n) is 7.26. The van der Waals surface area contributed by atoms with Crippen molar-refractivity contribution in [3.8, 4) is 0 Å². The molecule has 2 heterocycles. The molecule has 1 saturated heterocycles. The van der Waals surface area contributed by atoms with Gasteiger partial charge in [0.1, 0.15) is 5.82 Å². The van der Waals surface area contributed by atoms with Gasteiger partial charge in [-0.05, 0) is 58.1 Å². The number of pyridine rings is 1. The Bertz CT molecular complexity index is 391. The van der Waals surface area contributed by atoms with Gasteiger partial charge >= 0.3 is 0 Å². The number of anilines is 1. The van der Waals surface area contributed by atoms with E-state index in [1.54, 1.807) is 0 Å². The van der Waals surface area contributed by atoms with Gasteiger partial charge in [-0.25, -0.2) is 4.98 Å². The smallest absolute Gasteiger partial charge is 0.126 e. The maximum Gasteiger partial charge on any atom is 0.126 e. The van der Waals surface area contributed by atoms with Gasteiger partial charge in [-0.15, -0.1) is 0 Å². The van der Waals surface area contributed by atoms with Crippen LogP contribution in [0.5, 0.6) is 0 Å². The summed E-state index contributed by atoms with van der Waals surface area (Å²) in [5.74, 6) is 0.989. The molecule has 0 aliphatic carbocycles. The molecule has 1 aliphatic heterocycles. The van der Waals surface area contributed by atoms with E-state index in [9.17, 15) is 0 Å². The van der Waals surface area contributed by atoms with Crippen molar-refractivity contribution in [1.82, 2.24) is 14.8 Å². The minimum Gasteiger partial charge on any atom is -0.370 e. The summed E-state index contributed by atoms with van der Waals surface area (Å²) in [7, 11) is 4.32. The van der Waals surface area contributed by atoms with Crippen LogP contribution in [-0.2, 0) is 6.54 Å². The van der Waals surface area contributed by atoms with E-state index in [2.05, 4.69) is 53.3 Å². The number of nitrogens with one attached hydrogen (secondary N) is 1. The number of hydrogen-bond acceptors (Lipinski definition) is 4. The molecular weight excluding hydrogens is 236 g/mol. The normalized spacial score (nSPS) is 20.1. The molecule has 0 aromatic carbocycles. The maximum absolute atomic E-state index is 4.33. The third-order valence-corrected chi connectivity index (χ3v) is 3.64. The predicted octanol–water partition coefficient (Wildman–Crippen LogP) is 2.04. The molecule has 1 aliphatic rings. The Morgan fingerprint density at radius 1 is 1.47 bits per heavy atom. The molecule has 0 saturated carbocycles. The van der Waals surface area contributed by atoms with Gasteiger partial charge in [0.2, 0.25) is 0 Å². The lowest BCUT2D eigenvalue weighted by molar-refractivity contribution is 0.201. The molecule has 2 rings (SSSR count). The Kier molecular flexibility index (Phi) is 5.16. The largest absolute Gasteiger partial charge is 0.370 e. The minimum atomic E-state index is 0.700. The zero-order valence-electron chi connectivity index (χ0n) is 12.4. The highest BCUT2D eigenvalue weighted by atomic mass is 15.2. The summed E-state index contributed by atoms with van der Waals surface area (Å²) in [6.45, 7) is 6.44. The number of aromatic nitrogens is 1. The van der Waals surface area contributed by atoms with Crippen LogP contribution >= 0.6 is 0 Å². The van der Waals surface area contributed by atoms with Gasteiger partial charge in [-0.1, -0.05) is 0 Å². The molecule has 106 valence electrons. The second-order valence-electron chi connectivity index (χ2n) is 5.61. The molecule has 0 amide bonds. The van der Waals surface area contributed by atoms with Gasteiger partial charge in [-0.2, -0.15) is 0 Å². The first kappa shape index (κ1) is 14.3. The van der Waals surface area contributed by atoms with Crippen LogP contribution in [-0.4, -0.2) is 54.6 Å². The van der Waals surface area contributed by atoms with Crippen molar-refractivity contribution in [2.45, 2.75) is 32.4 Å². The lowest BCUT2D eigenvalue weighted by atomic mass is 10.2. The Hall–Kier alpha value is -1.13. The third-order valence-electron chi connectivity index (χ3n) is 3.64. The Morgan fingerprint density at radius 2 is 2.32 bits per heavy atom. The number of likely N-dealkylation sites (N-methyl/N-ethyl adjacent to an activating group) is 1. The summed E-state index contributed by atoms with van der Waals surface area (Å²) >= 11 is 0. The summed E-state index contributed by atoms with van der Waals surface area (Å²) in [5.41, 5.74) is 1.36. The fourth-order valence-electron chi connectivity index (χ4n) is 2.82. The lowest BCUT2D eigenvalue weighted by Gasteiger charge is -2.27. The average Bonchev–Trinajstić information content (AvgIpc) is 2.77. The zero-order valence-corrected chi connectivity index (χ0v) is 12.4. The van der Waals surface area contributed by atoms with Crippen molar-refractivity contribution < 1.29 is 0 Å². The standard InChI is InChI=1S/C15H26N4/c1-4-16-15-10-13(7-8-17-15)11-19-9-5-6-14(19)12-18(2)3/h7-8,10,14H,4-6,9,11-12H2,1-3H3,(H,16,17). The van der Waals surface area contributed by atoms with E-state index >= 15 is 0 Å².